The van der Waals surface area contributed by atoms with Crippen molar-refractivity contribution in [1.29, 1.82) is 0 Å². The smallest absolute Gasteiger partial charge is 0.0452 e. The molecule has 0 amide bonds. The molecule has 1 nitrogen and oxygen atoms in total. The minimum Gasteiger partial charge on any atom is -0.312 e. The van der Waals surface area contributed by atoms with E-state index in [2.05, 4.69) is 26.1 Å². The van der Waals surface area contributed by atoms with Gasteiger partial charge in [-0.05, 0) is 63.3 Å². The molecule has 2 rings (SSSR count). The van der Waals surface area contributed by atoms with Crippen LogP contribution in [0.5, 0.6) is 0 Å². The summed E-state index contributed by atoms with van der Waals surface area (Å²) in [6.07, 6.45) is 6.41. The van der Waals surface area contributed by atoms with Crippen LogP contribution in [0.25, 0.3) is 0 Å². The summed E-state index contributed by atoms with van der Waals surface area (Å²) in [6, 6.07) is 5.82. The van der Waals surface area contributed by atoms with E-state index in [-0.39, 0.29) is 5.54 Å². The second kappa shape index (κ2) is 7.35. The van der Waals surface area contributed by atoms with Crippen molar-refractivity contribution in [1.82, 2.24) is 5.32 Å². The molecule has 1 unspecified atom stereocenters. The summed E-state index contributed by atoms with van der Waals surface area (Å²) in [6.45, 7) is 7.71. The van der Waals surface area contributed by atoms with E-state index in [4.69, 9.17) is 23.2 Å². The molecule has 0 radical (unpaired) electrons. The van der Waals surface area contributed by atoms with Crippen LogP contribution >= 0.6 is 23.2 Å². The molecule has 21 heavy (non-hydrogen) atoms. The average molecular weight is 328 g/mol. The predicted molar refractivity (Wildman–Crippen MR) is 93.4 cm³/mol. The Bertz CT molecular complexity index is 439. The first kappa shape index (κ1) is 17.1. The fourth-order valence-electron chi connectivity index (χ4n) is 3.26. The summed E-state index contributed by atoms with van der Waals surface area (Å²) < 4.78 is 0. The van der Waals surface area contributed by atoms with Gasteiger partial charge in [0, 0.05) is 15.6 Å². The minimum atomic E-state index is 0.154. The molecule has 1 fully saturated rings. The number of halogens is 2. The SMILES string of the molecule is CC(C)(C)NCC(Cc1c(Cl)cccc1Cl)C1CCCC1. The van der Waals surface area contributed by atoms with Crippen LogP contribution in [0, 0.1) is 11.8 Å². The molecule has 0 saturated heterocycles. The lowest BCUT2D eigenvalue weighted by molar-refractivity contribution is 0.286. The van der Waals surface area contributed by atoms with Crippen LogP contribution in [0.15, 0.2) is 18.2 Å². The van der Waals surface area contributed by atoms with Crippen molar-refractivity contribution in [3.63, 3.8) is 0 Å². The molecule has 1 aromatic carbocycles. The zero-order valence-electron chi connectivity index (χ0n) is 13.4. The Balaban J connectivity index is 2.11. The summed E-state index contributed by atoms with van der Waals surface area (Å²) in [5.74, 6) is 1.41. The lowest BCUT2D eigenvalue weighted by Gasteiger charge is -2.29. The molecule has 118 valence electrons. The molecule has 1 saturated carbocycles. The summed E-state index contributed by atoms with van der Waals surface area (Å²) >= 11 is 12.7. The van der Waals surface area contributed by atoms with Crippen LogP contribution in [-0.4, -0.2) is 12.1 Å². The number of nitrogens with one attached hydrogen (secondary N) is 1. The molecule has 0 aromatic heterocycles. The number of rotatable bonds is 5. The summed E-state index contributed by atoms with van der Waals surface area (Å²) in [4.78, 5) is 0. The van der Waals surface area contributed by atoms with Gasteiger partial charge in [-0.1, -0.05) is 55.0 Å². The second-order valence-electron chi connectivity index (χ2n) is 7.34. The van der Waals surface area contributed by atoms with Crippen molar-refractivity contribution >= 4 is 23.2 Å². The Morgan fingerprint density at radius 3 is 2.24 bits per heavy atom. The third kappa shape index (κ3) is 5.16. The second-order valence-corrected chi connectivity index (χ2v) is 8.15. The van der Waals surface area contributed by atoms with Crippen molar-refractivity contribution in [3.05, 3.63) is 33.8 Å². The van der Waals surface area contributed by atoms with Crippen LogP contribution in [0.3, 0.4) is 0 Å². The van der Waals surface area contributed by atoms with E-state index in [1.54, 1.807) is 0 Å². The Morgan fingerprint density at radius 2 is 1.71 bits per heavy atom. The molecule has 0 aliphatic heterocycles. The van der Waals surface area contributed by atoms with Gasteiger partial charge < -0.3 is 5.32 Å². The molecule has 1 N–H and O–H groups in total. The molecular weight excluding hydrogens is 301 g/mol. The molecule has 0 bridgehead atoms. The van der Waals surface area contributed by atoms with Crippen molar-refractivity contribution in [3.8, 4) is 0 Å². The van der Waals surface area contributed by atoms with Gasteiger partial charge in [-0.3, -0.25) is 0 Å². The van der Waals surface area contributed by atoms with Crippen molar-refractivity contribution in [2.75, 3.05) is 6.54 Å². The Labute approximate surface area is 139 Å². The van der Waals surface area contributed by atoms with E-state index in [1.807, 2.05) is 18.2 Å². The topological polar surface area (TPSA) is 12.0 Å². The monoisotopic (exact) mass is 327 g/mol. The highest BCUT2D eigenvalue weighted by atomic mass is 35.5. The van der Waals surface area contributed by atoms with Crippen LogP contribution in [-0.2, 0) is 6.42 Å². The first-order valence-electron chi connectivity index (χ1n) is 8.05. The summed E-state index contributed by atoms with van der Waals surface area (Å²) in [5.41, 5.74) is 1.27. The molecule has 0 spiro atoms. The third-order valence-electron chi connectivity index (χ3n) is 4.49. The quantitative estimate of drug-likeness (QED) is 0.728. The molecule has 3 heteroatoms. The highest BCUT2D eigenvalue weighted by Crippen LogP contribution is 2.36. The van der Waals surface area contributed by atoms with Gasteiger partial charge in [-0.25, -0.2) is 0 Å². The Morgan fingerprint density at radius 1 is 1.14 bits per heavy atom. The van der Waals surface area contributed by atoms with E-state index in [1.165, 1.54) is 25.7 Å². The lowest BCUT2D eigenvalue weighted by atomic mass is 9.85. The Hall–Kier alpha value is -0.240. The first-order valence-corrected chi connectivity index (χ1v) is 8.80. The van der Waals surface area contributed by atoms with Gasteiger partial charge in [0.2, 0.25) is 0 Å². The Kier molecular flexibility index (Phi) is 5.99. The summed E-state index contributed by atoms with van der Waals surface area (Å²) in [7, 11) is 0. The fraction of sp³-hybridized carbons (Fsp3) is 0.667. The highest BCUT2D eigenvalue weighted by Gasteiger charge is 2.27. The van der Waals surface area contributed by atoms with Crippen LogP contribution in [0.2, 0.25) is 10.0 Å². The molecule has 1 aliphatic rings. The maximum absolute atomic E-state index is 6.37. The fourth-order valence-corrected chi connectivity index (χ4v) is 3.81. The molecule has 1 aliphatic carbocycles. The standard InChI is InChI=1S/C18H27Cl2N/c1-18(2,3)21-12-14(13-7-4-5-8-13)11-15-16(19)9-6-10-17(15)20/h6,9-10,13-14,21H,4-5,7-8,11-12H2,1-3H3. The van der Waals surface area contributed by atoms with E-state index in [0.29, 0.717) is 5.92 Å². The largest absolute Gasteiger partial charge is 0.312 e. The normalized spacial score (nSPS) is 18.1. The molecule has 0 heterocycles. The number of hydrogen-bond acceptors (Lipinski definition) is 1. The van der Waals surface area contributed by atoms with Crippen LogP contribution in [0.4, 0.5) is 0 Å². The van der Waals surface area contributed by atoms with Crippen molar-refractivity contribution < 1.29 is 0 Å². The average Bonchev–Trinajstić information content (AvgIpc) is 2.90. The van der Waals surface area contributed by atoms with Crippen molar-refractivity contribution in [2.24, 2.45) is 11.8 Å². The van der Waals surface area contributed by atoms with Gasteiger partial charge in [0.25, 0.3) is 0 Å². The maximum Gasteiger partial charge on any atom is 0.0452 e. The number of benzene rings is 1. The van der Waals surface area contributed by atoms with Crippen LogP contribution in [0.1, 0.15) is 52.0 Å². The van der Waals surface area contributed by atoms with E-state index in [0.717, 1.165) is 34.5 Å². The molecule has 1 atom stereocenters. The van der Waals surface area contributed by atoms with Gasteiger partial charge in [0.05, 0.1) is 0 Å². The lowest BCUT2D eigenvalue weighted by Crippen LogP contribution is -2.41. The highest BCUT2D eigenvalue weighted by molar-refractivity contribution is 6.35. The van der Waals surface area contributed by atoms with Crippen LogP contribution < -0.4 is 5.32 Å². The molecule has 1 aromatic rings. The minimum absolute atomic E-state index is 0.154. The van der Waals surface area contributed by atoms with E-state index >= 15 is 0 Å². The van der Waals surface area contributed by atoms with Gasteiger partial charge in [0.15, 0.2) is 0 Å². The predicted octanol–water partition coefficient (Wildman–Crippen LogP) is 5.73. The van der Waals surface area contributed by atoms with E-state index < -0.39 is 0 Å². The maximum atomic E-state index is 6.37. The third-order valence-corrected chi connectivity index (χ3v) is 5.20. The van der Waals surface area contributed by atoms with Crippen molar-refractivity contribution in [2.45, 2.75) is 58.4 Å². The first-order chi connectivity index (χ1) is 9.87. The van der Waals surface area contributed by atoms with Gasteiger partial charge in [0.1, 0.15) is 0 Å². The van der Waals surface area contributed by atoms with Gasteiger partial charge >= 0.3 is 0 Å². The zero-order valence-corrected chi connectivity index (χ0v) is 14.9. The zero-order chi connectivity index (χ0) is 15.5. The van der Waals surface area contributed by atoms with Gasteiger partial charge in [-0.15, -0.1) is 0 Å². The number of hydrogen-bond donors (Lipinski definition) is 1. The van der Waals surface area contributed by atoms with E-state index in [9.17, 15) is 0 Å². The summed E-state index contributed by atoms with van der Waals surface area (Å²) in [5, 5.41) is 5.29. The molecular formula is C18H27Cl2N. The van der Waals surface area contributed by atoms with Gasteiger partial charge in [-0.2, -0.15) is 0 Å².